The van der Waals surface area contributed by atoms with E-state index in [1.54, 1.807) is 0 Å². The highest BCUT2D eigenvalue weighted by Crippen LogP contribution is 2.27. The molecule has 2 aromatic heterocycles. The summed E-state index contributed by atoms with van der Waals surface area (Å²) in [4.78, 5) is 4.68. The minimum atomic E-state index is 0. The largest absolute Gasteiger partial charge is 0.357 e. The molecule has 2 heterocycles. The molecule has 1 aliphatic rings. The summed E-state index contributed by atoms with van der Waals surface area (Å²) in [5.41, 5.74) is 0.858. The zero-order valence-electron chi connectivity index (χ0n) is 15.1. The molecule has 6 nitrogen and oxygen atoms in total. The van der Waals surface area contributed by atoms with E-state index in [0.29, 0.717) is 6.54 Å². The summed E-state index contributed by atoms with van der Waals surface area (Å²) < 4.78 is 1.98. The predicted octanol–water partition coefficient (Wildman–Crippen LogP) is 3.23. The van der Waals surface area contributed by atoms with Crippen LogP contribution in [0, 0.1) is 11.8 Å². The van der Waals surface area contributed by atoms with E-state index in [2.05, 4.69) is 39.7 Å². The average Bonchev–Trinajstić information content (AvgIpc) is 3.02. The summed E-state index contributed by atoms with van der Waals surface area (Å²) in [7, 11) is 0. The molecule has 1 fully saturated rings. The SMILES string of the molecule is CCNC(=NCc1nnc2ccccn12)NCC1CCC(C)CC1.I. The van der Waals surface area contributed by atoms with Crippen LogP contribution in [0.1, 0.15) is 45.4 Å². The van der Waals surface area contributed by atoms with Crippen LogP contribution in [0.4, 0.5) is 0 Å². The fourth-order valence-corrected chi connectivity index (χ4v) is 3.26. The summed E-state index contributed by atoms with van der Waals surface area (Å²) in [6, 6.07) is 5.90. The highest BCUT2D eigenvalue weighted by atomic mass is 127. The topological polar surface area (TPSA) is 66.6 Å². The summed E-state index contributed by atoms with van der Waals surface area (Å²) >= 11 is 0. The zero-order chi connectivity index (χ0) is 16.8. The number of halogens is 1. The molecule has 1 saturated carbocycles. The van der Waals surface area contributed by atoms with Gasteiger partial charge in [-0.3, -0.25) is 4.40 Å². The number of nitrogens with one attached hydrogen (secondary N) is 2. The number of rotatable bonds is 5. The standard InChI is InChI=1S/C18H28N6.HI/c1-3-19-18(20-12-15-9-7-14(2)8-10-15)21-13-17-23-22-16-6-4-5-11-24(16)17;/h4-6,11,14-15H,3,7-10,12-13H2,1-2H3,(H2,19,20,21);1H. The van der Waals surface area contributed by atoms with Crippen molar-refractivity contribution in [3.8, 4) is 0 Å². The maximum Gasteiger partial charge on any atom is 0.191 e. The first-order chi connectivity index (χ1) is 11.8. The number of hydrogen-bond donors (Lipinski definition) is 2. The van der Waals surface area contributed by atoms with E-state index < -0.39 is 0 Å². The van der Waals surface area contributed by atoms with Crippen LogP contribution in [-0.2, 0) is 6.54 Å². The average molecular weight is 456 g/mol. The first-order valence-corrected chi connectivity index (χ1v) is 9.07. The maximum atomic E-state index is 4.68. The lowest BCUT2D eigenvalue weighted by Crippen LogP contribution is -2.40. The van der Waals surface area contributed by atoms with Gasteiger partial charge in [-0.15, -0.1) is 34.2 Å². The number of fused-ring (bicyclic) bond motifs is 1. The van der Waals surface area contributed by atoms with Gasteiger partial charge >= 0.3 is 0 Å². The minimum absolute atomic E-state index is 0. The fourth-order valence-electron chi connectivity index (χ4n) is 3.26. The van der Waals surface area contributed by atoms with Gasteiger partial charge in [0.25, 0.3) is 0 Å². The Morgan fingerprint density at radius 2 is 2.00 bits per heavy atom. The van der Waals surface area contributed by atoms with E-state index in [-0.39, 0.29) is 24.0 Å². The number of hydrogen-bond acceptors (Lipinski definition) is 3. The molecule has 0 aromatic carbocycles. The second-order valence-corrected chi connectivity index (χ2v) is 6.75. The molecule has 3 rings (SSSR count). The van der Waals surface area contributed by atoms with E-state index in [0.717, 1.165) is 42.4 Å². The van der Waals surface area contributed by atoms with Crippen LogP contribution in [0.3, 0.4) is 0 Å². The van der Waals surface area contributed by atoms with Crippen LogP contribution in [0.2, 0.25) is 0 Å². The van der Waals surface area contributed by atoms with Gasteiger partial charge < -0.3 is 10.6 Å². The number of aromatic nitrogens is 3. The maximum absolute atomic E-state index is 4.68. The van der Waals surface area contributed by atoms with Gasteiger partial charge in [0.2, 0.25) is 0 Å². The van der Waals surface area contributed by atoms with Crippen LogP contribution in [-0.4, -0.2) is 33.6 Å². The van der Waals surface area contributed by atoms with Gasteiger partial charge in [0.1, 0.15) is 6.54 Å². The first-order valence-electron chi connectivity index (χ1n) is 9.07. The van der Waals surface area contributed by atoms with Gasteiger partial charge in [-0.05, 0) is 43.7 Å². The molecular weight excluding hydrogens is 427 g/mol. The van der Waals surface area contributed by atoms with Crippen LogP contribution in [0.5, 0.6) is 0 Å². The van der Waals surface area contributed by atoms with E-state index >= 15 is 0 Å². The molecule has 138 valence electrons. The lowest BCUT2D eigenvalue weighted by Gasteiger charge is -2.26. The molecular formula is C18H29IN6. The van der Waals surface area contributed by atoms with Crippen molar-refractivity contribution in [1.82, 2.24) is 25.2 Å². The monoisotopic (exact) mass is 456 g/mol. The van der Waals surface area contributed by atoms with E-state index in [4.69, 9.17) is 0 Å². The smallest absolute Gasteiger partial charge is 0.191 e. The molecule has 7 heteroatoms. The number of nitrogens with zero attached hydrogens (tertiary/aromatic N) is 4. The predicted molar refractivity (Wildman–Crippen MR) is 112 cm³/mol. The van der Waals surface area contributed by atoms with E-state index in [9.17, 15) is 0 Å². The van der Waals surface area contributed by atoms with Crippen molar-refractivity contribution < 1.29 is 0 Å². The zero-order valence-corrected chi connectivity index (χ0v) is 17.4. The van der Waals surface area contributed by atoms with Crippen LogP contribution < -0.4 is 10.6 Å². The fraction of sp³-hybridized carbons (Fsp3) is 0.611. The molecule has 2 N–H and O–H groups in total. The summed E-state index contributed by atoms with van der Waals surface area (Å²) in [5.74, 6) is 3.38. The Kier molecular flexibility index (Phi) is 7.92. The Bertz CT molecular complexity index is 675. The van der Waals surface area contributed by atoms with Crippen LogP contribution in [0.25, 0.3) is 5.65 Å². The normalized spacial score (nSPS) is 21.0. The molecule has 0 atom stereocenters. The summed E-state index contributed by atoms with van der Waals surface area (Å²) in [6.45, 7) is 6.82. The lowest BCUT2D eigenvalue weighted by molar-refractivity contribution is 0.289. The molecule has 0 saturated heterocycles. The van der Waals surface area contributed by atoms with E-state index in [1.165, 1.54) is 25.7 Å². The van der Waals surface area contributed by atoms with Gasteiger partial charge in [-0.25, -0.2) is 4.99 Å². The van der Waals surface area contributed by atoms with Crippen LogP contribution >= 0.6 is 24.0 Å². The van der Waals surface area contributed by atoms with E-state index in [1.807, 2.05) is 28.8 Å². The molecule has 0 spiro atoms. The van der Waals surface area contributed by atoms with Gasteiger partial charge in [-0.2, -0.15) is 0 Å². The number of guanidine groups is 1. The molecule has 0 unspecified atom stereocenters. The second-order valence-electron chi connectivity index (χ2n) is 6.75. The molecule has 2 aromatic rings. The molecule has 0 amide bonds. The molecule has 1 aliphatic carbocycles. The number of aliphatic imine (C=N–C) groups is 1. The Balaban J connectivity index is 0.00000225. The Hall–Kier alpha value is -1.38. The molecule has 25 heavy (non-hydrogen) atoms. The van der Waals surface area contributed by atoms with Crippen molar-refractivity contribution in [3.05, 3.63) is 30.2 Å². The second kappa shape index (κ2) is 9.94. The van der Waals surface area contributed by atoms with Crippen molar-refractivity contribution in [2.24, 2.45) is 16.8 Å². The van der Waals surface area contributed by atoms with Crippen molar-refractivity contribution >= 4 is 35.6 Å². The van der Waals surface area contributed by atoms with Crippen molar-refractivity contribution in [2.45, 2.75) is 46.1 Å². The van der Waals surface area contributed by atoms with Gasteiger partial charge in [-0.1, -0.05) is 25.8 Å². The van der Waals surface area contributed by atoms with Gasteiger partial charge in [0.05, 0.1) is 0 Å². The van der Waals surface area contributed by atoms with Crippen molar-refractivity contribution in [1.29, 1.82) is 0 Å². The Morgan fingerprint density at radius 3 is 2.76 bits per heavy atom. The molecule has 0 aliphatic heterocycles. The highest BCUT2D eigenvalue weighted by Gasteiger charge is 2.18. The van der Waals surface area contributed by atoms with Crippen molar-refractivity contribution in [2.75, 3.05) is 13.1 Å². The number of pyridine rings is 1. The van der Waals surface area contributed by atoms with Gasteiger partial charge in [0, 0.05) is 19.3 Å². The van der Waals surface area contributed by atoms with Crippen LogP contribution in [0.15, 0.2) is 29.4 Å². The third-order valence-electron chi connectivity index (χ3n) is 4.80. The molecule has 0 radical (unpaired) electrons. The van der Waals surface area contributed by atoms with Crippen molar-refractivity contribution in [3.63, 3.8) is 0 Å². The highest BCUT2D eigenvalue weighted by molar-refractivity contribution is 14.0. The Labute approximate surface area is 166 Å². The molecule has 0 bridgehead atoms. The quantitative estimate of drug-likeness (QED) is 0.412. The lowest BCUT2D eigenvalue weighted by atomic mass is 9.83. The first kappa shape index (κ1) is 19.9. The Morgan fingerprint density at radius 1 is 1.20 bits per heavy atom. The summed E-state index contributed by atoms with van der Waals surface area (Å²) in [5, 5.41) is 15.2. The summed E-state index contributed by atoms with van der Waals surface area (Å²) in [6.07, 6.45) is 7.33. The third-order valence-corrected chi connectivity index (χ3v) is 4.80. The minimum Gasteiger partial charge on any atom is -0.357 e. The van der Waals surface area contributed by atoms with Gasteiger partial charge in [0.15, 0.2) is 17.4 Å². The third kappa shape index (κ3) is 5.55.